The van der Waals surface area contributed by atoms with Crippen molar-refractivity contribution in [3.63, 3.8) is 0 Å². The van der Waals surface area contributed by atoms with Crippen LogP contribution in [0.5, 0.6) is 5.75 Å². The van der Waals surface area contributed by atoms with E-state index in [1.54, 1.807) is 11.0 Å². The lowest BCUT2D eigenvalue weighted by molar-refractivity contribution is -0.137. The number of halogens is 3. The zero-order valence-corrected chi connectivity index (χ0v) is 18.2. The maximum Gasteiger partial charge on any atom is 0.416 e. The minimum Gasteiger partial charge on any atom is -0.493 e. The van der Waals surface area contributed by atoms with Crippen molar-refractivity contribution in [3.05, 3.63) is 59.7 Å². The van der Waals surface area contributed by atoms with Crippen LogP contribution >= 0.6 is 0 Å². The molecule has 0 aromatic heterocycles. The molecular weight excluding hydrogens is 405 g/mol. The van der Waals surface area contributed by atoms with Gasteiger partial charge in [-0.05, 0) is 41.3 Å². The highest BCUT2D eigenvalue weighted by atomic mass is 19.4. The Morgan fingerprint density at radius 3 is 2.16 bits per heavy atom. The van der Waals surface area contributed by atoms with Crippen molar-refractivity contribution < 1.29 is 22.7 Å². The summed E-state index contributed by atoms with van der Waals surface area (Å²) in [7, 11) is 0. The van der Waals surface area contributed by atoms with Gasteiger partial charge in [-0.2, -0.15) is 13.2 Å². The minimum atomic E-state index is -4.36. The molecule has 3 rings (SSSR count). The van der Waals surface area contributed by atoms with Crippen molar-refractivity contribution in [2.45, 2.75) is 38.8 Å². The summed E-state index contributed by atoms with van der Waals surface area (Å²) in [6, 6.07) is 13.2. The molecule has 1 heterocycles. The third-order valence-corrected chi connectivity index (χ3v) is 5.48. The van der Waals surface area contributed by atoms with E-state index in [-0.39, 0.29) is 17.7 Å². The fourth-order valence-corrected chi connectivity index (χ4v) is 3.56. The fourth-order valence-electron chi connectivity index (χ4n) is 3.56. The first-order chi connectivity index (χ1) is 14.5. The topological polar surface area (TPSA) is 32.8 Å². The van der Waals surface area contributed by atoms with Crippen LogP contribution in [0.4, 0.5) is 18.9 Å². The van der Waals surface area contributed by atoms with Gasteiger partial charge in [-0.15, -0.1) is 0 Å². The molecule has 0 bridgehead atoms. The third-order valence-electron chi connectivity index (χ3n) is 5.48. The van der Waals surface area contributed by atoms with Gasteiger partial charge in [0.05, 0.1) is 18.6 Å². The second kappa shape index (κ2) is 9.20. The van der Waals surface area contributed by atoms with Gasteiger partial charge in [0.15, 0.2) is 0 Å². The van der Waals surface area contributed by atoms with E-state index in [1.807, 2.05) is 29.2 Å². The van der Waals surface area contributed by atoms with Gasteiger partial charge in [0, 0.05) is 31.9 Å². The molecule has 1 fully saturated rings. The molecule has 4 nitrogen and oxygen atoms in total. The molecule has 2 aromatic rings. The van der Waals surface area contributed by atoms with E-state index in [0.717, 1.165) is 17.9 Å². The number of anilines is 1. The van der Waals surface area contributed by atoms with E-state index in [0.29, 0.717) is 38.5 Å². The maximum atomic E-state index is 12.9. The Bertz CT molecular complexity index is 881. The Hall–Kier alpha value is -2.70. The Morgan fingerprint density at radius 2 is 1.58 bits per heavy atom. The normalized spacial score (nSPS) is 15.2. The molecule has 0 atom stereocenters. The molecule has 1 saturated heterocycles. The number of nitrogens with zero attached hydrogens (tertiary/aromatic N) is 2. The van der Waals surface area contributed by atoms with Crippen LogP contribution in [0.3, 0.4) is 0 Å². The van der Waals surface area contributed by atoms with Gasteiger partial charge in [0.2, 0.25) is 5.91 Å². The van der Waals surface area contributed by atoms with Crippen molar-refractivity contribution in [1.29, 1.82) is 0 Å². The summed E-state index contributed by atoms with van der Waals surface area (Å²) >= 11 is 0. The molecule has 0 unspecified atom stereocenters. The zero-order chi connectivity index (χ0) is 22.6. The summed E-state index contributed by atoms with van der Waals surface area (Å²) in [5, 5.41) is 0. The van der Waals surface area contributed by atoms with Crippen LogP contribution in [0, 0.1) is 0 Å². The lowest BCUT2D eigenvalue weighted by atomic mass is 9.87. The van der Waals surface area contributed by atoms with Gasteiger partial charge in [-0.3, -0.25) is 4.79 Å². The Balaban J connectivity index is 1.45. The zero-order valence-electron chi connectivity index (χ0n) is 18.2. The van der Waals surface area contributed by atoms with Crippen LogP contribution in [0.1, 0.15) is 38.3 Å². The molecule has 0 aliphatic carbocycles. The third kappa shape index (κ3) is 6.15. The van der Waals surface area contributed by atoms with E-state index >= 15 is 0 Å². The molecule has 0 N–H and O–H groups in total. The molecular formula is C24H29F3N2O2. The summed E-state index contributed by atoms with van der Waals surface area (Å²) < 4.78 is 44.5. The van der Waals surface area contributed by atoms with Crippen LogP contribution in [0.2, 0.25) is 0 Å². The predicted octanol–water partition coefficient (Wildman–Crippen LogP) is 5.12. The van der Waals surface area contributed by atoms with Gasteiger partial charge < -0.3 is 14.5 Å². The van der Waals surface area contributed by atoms with Crippen LogP contribution in [0.25, 0.3) is 0 Å². The summed E-state index contributed by atoms with van der Waals surface area (Å²) in [4.78, 5) is 16.1. The molecule has 1 aliphatic rings. The number of alkyl halides is 3. The number of ether oxygens (including phenoxy) is 1. The number of piperazine rings is 1. The standard InChI is InChI=1S/C24H29F3N2O2/c1-23(2,3)18-7-9-21(10-8-18)31-16-11-22(30)29-14-12-28(13-15-29)20-6-4-5-19(17-20)24(25,26)27/h4-10,17H,11-16H2,1-3H3. The number of rotatable bonds is 5. The summed E-state index contributed by atoms with van der Waals surface area (Å²) in [5.41, 5.74) is 1.17. The number of amides is 1. The number of hydrogen-bond acceptors (Lipinski definition) is 3. The van der Waals surface area contributed by atoms with Crippen molar-refractivity contribution in [3.8, 4) is 5.75 Å². The van der Waals surface area contributed by atoms with E-state index in [1.165, 1.54) is 11.6 Å². The molecule has 0 radical (unpaired) electrons. The van der Waals surface area contributed by atoms with Crippen molar-refractivity contribution >= 4 is 11.6 Å². The predicted molar refractivity (Wildman–Crippen MR) is 115 cm³/mol. The van der Waals surface area contributed by atoms with Crippen LogP contribution < -0.4 is 9.64 Å². The quantitative estimate of drug-likeness (QED) is 0.655. The summed E-state index contributed by atoms with van der Waals surface area (Å²) in [6.07, 6.45) is -4.09. The van der Waals surface area contributed by atoms with Crippen LogP contribution in [-0.4, -0.2) is 43.6 Å². The monoisotopic (exact) mass is 434 g/mol. The van der Waals surface area contributed by atoms with Crippen molar-refractivity contribution in [2.24, 2.45) is 0 Å². The van der Waals surface area contributed by atoms with E-state index in [9.17, 15) is 18.0 Å². The SMILES string of the molecule is CC(C)(C)c1ccc(OCCC(=O)N2CCN(c3cccc(C(F)(F)F)c3)CC2)cc1. The highest BCUT2D eigenvalue weighted by Crippen LogP contribution is 2.32. The number of hydrogen-bond donors (Lipinski definition) is 0. The van der Waals surface area contributed by atoms with Gasteiger partial charge >= 0.3 is 6.18 Å². The molecule has 168 valence electrons. The summed E-state index contributed by atoms with van der Waals surface area (Å²) in [6.45, 7) is 8.70. The van der Waals surface area contributed by atoms with Crippen LogP contribution in [0.15, 0.2) is 48.5 Å². The highest BCUT2D eigenvalue weighted by Gasteiger charge is 2.31. The first kappa shape index (κ1) is 23.0. The van der Waals surface area contributed by atoms with Crippen LogP contribution in [-0.2, 0) is 16.4 Å². The van der Waals surface area contributed by atoms with E-state index in [2.05, 4.69) is 20.8 Å². The molecule has 31 heavy (non-hydrogen) atoms. The lowest BCUT2D eigenvalue weighted by Crippen LogP contribution is -2.49. The molecule has 0 spiro atoms. The Labute approximate surface area is 181 Å². The Kier molecular flexibility index (Phi) is 6.82. The molecule has 7 heteroatoms. The van der Waals surface area contributed by atoms with Gasteiger partial charge in [-0.25, -0.2) is 0 Å². The number of carbonyl (C=O) groups excluding carboxylic acids is 1. The van der Waals surface area contributed by atoms with E-state index in [4.69, 9.17) is 4.74 Å². The molecule has 1 amide bonds. The molecule has 0 saturated carbocycles. The maximum absolute atomic E-state index is 12.9. The van der Waals surface area contributed by atoms with Crippen molar-refractivity contribution in [1.82, 2.24) is 4.90 Å². The first-order valence-electron chi connectivity index (χ1n) is 10.5. The molecule has 1 aliphatic heterocycles. The largest absolute Gasteiger partial charge is 0.493 e. The summed E-state index contributed by atoms with van der Waals surface area (Å²) in [5.74, 6) is 0.727. The number of benzene rings is 2. The first-order valence-corrected chi connectivity index (χ1v) is 10.5. The average molecular weight is 435 g/mol. The minimum absolute atomic E-state index is 0.00463. The smallest absolute Gasteiger partial charge is 0.416 e. The van der Waals surface area contributed by atoms with Gasteiger partial charge in [0.25, 0.3) is 0 Å². The van der Waals surface area contributed by atoms with E-state index < -0.39 is 11.7 Å². The number of carbonyl (C=O) groups is 1. The van der Waals surface area contributed by atoms with Gasteiger partial charge in [0.1, 0.15) is 5.75 Å². The molecule has 2 aromatic carbocycles. The second-order valence-corrected chi connectivity index (χ2v) is 8.79. The Morgan fingerprint density at radius 1 is 0.935 bits per heavy atom. The fraction of sp³-hybridized carbons (Fsp3) is 0.458. The lowest BCUT2D eigenvalue weighted by Gasteiger charge is -2.36. The average Bonchev–Trinajstić information content (AvgIpc) is 2.73. The highest BCUT2D eigenvalue weighted by molar-refractivity contribution is 5.76. The van der Waals surface area contributed by atoms with Crippen molar-refractivity contribution in [2.75, 3.05) is 37.7 Å². The second-order valence-electron chi connectivity index (χ2n) is 8.79. The van der Waals surface area contributed by atoms with Gasteiger partial charge in [-0.1, -0.05) is 39.0 Å².